The summed E-state index contributed by atoms with van der Waals surface area (Å²) in [4.78, 5) is 28.4. The van der Waals surface area contributed by atoms with Crippen molar-refractivity contribution in [2.45, 2.75) is 37.8 Å². The number of halogens is 2. The van der Waals surface area contributed by atoms with Gasteiger partial charge in [-0.1, -0.05) is 36.2 Å². The first-order valence-electron chi connectivity index (χ1n) is 13.9. The molecule has 0 fully saturated rings. The van der Waals surface area contributed by atoms with Crippen molar-refractivity contribution >= 4 is 50.7 Å². The molecular formula is C31H37Cl2N3O8S. The Balaban J connectivity index is 2.17. The van der Waals surface area contributed by atoms with E-state index in [1.165, 1.54) is 63.7 Å². The summed E-state index contributed by atoms with van der Waals surface area (Å²) in [5.41, 5.74) is 0.624. The fraction of sp³-hybridized carbons (Fsp3) is 0.355. The first-order valence-corrected chi connectivity index (χ1v) is 16.1. The van der Waals surface area contributed by atoms with Gasteiger partial charge in [0.1, 0.15) is 24.1 Å². The number of carbonyl (C=O) groups is 2. The normalized spacial score (nSPS) is 11.7. The van der Waals surface area contributed by atoms with Gasteiger partial charge in [-0.05, 0) is 55.3 Å². The van der Waals surface area contributed by atoms with E-state index >= 15 is 0 Å². The Morgan fingerprint density at radius 2 is 1.51 bits per heavy atom. The van der Waals surface area contributed by atoms with Crippen molar-refractivity contribution in [2.75, 3.05) is 45.8 Å². The maximum atomic E-state index is 14.4. The molecule has 11 nitrogen and oxygen atoms in total. The van der Waals surface area contributed by atoms with Crippen molar-refractivity contribution < 1.29 is 37.0 Å². The molecule has 3 aromatic rings. The molecule has 0 spiro atoms. The van der Waals surface area contributed by atoms with E-state index in [9.17, 15) is 18.0 Å². The molecule has 0 aliphatic carbocycles. The van der Waals surface area contributed by atoms with Gasteiger partial charge in [-0.15, -0.1) is 0 Å². The van der Waals surface area contributed by atoms with E-state index in [2.05, 4.69) is 5.32 Å². The number of anilines is 1. The molecule has 1 atom stereocenters. The zero-order chi connectivity index (χ0) is 33.3. The second-order valence-corrected chi connectivity index (χ2v) is 12.5. The Hall–Kier alpha value is -3.87. The maximum absolute atomic E-state index is 14.4. The lowest BCUT2D eigenvalue weighted by Crippen LogP contribution is -2.51. The Morgan fingerprint density at radius 3 is 2.11 bits per heavy atom. The monoisotopic (exact) mass is 681 g/mol. The van der Waals surface area contributed by atoms with Gasteiger partial charge in [0, 0.05) is 25.2 Å². The summed E-state index contributed by atoms with van der Waals surface area (Å²) < 4.78 is 51.1. The highest BCUT2D eigenvalue weighted by molar-refractivity contribution is 7.92. The molecule has 0 aliphatic rings. The fourth-order valence-corrected chi connectivity index (χ4v) is 6.18. The quantitative estimate of drug-likeness (QED) is 0.233. The van der Waals surface area contributed by atoms with Crippen LogP contribution >= 0.6 is 23.2 Å². The van der Waals surface area contributed by atoms with Crippen molar-refractivity contribution in [1.29, 1.82) is 0 Å². The molecule has 244 valence electrons. The predicted octanol–water partition coefficient (Wildman–Crippen LogP) is 5.17. The third-order valence-corrected chi connectivity index (χ3v) is 9.42. The summed E-state index contributed by atoms with van der Waals surface area (Å²) in [5.74, 6) is -0.0986. The molecule has 14 heteroatoms. The van der Waals surface area contributed by atoms with Crippen LogP contribution in [0, 0.1) is 0 Å². The summed E-state index contributed by atoms with van der Waals surface area (Å²) in [6.07, 6.45) is 0.687. The van der Waals surface area contributed by atoms with Crippen molar-refractivity contribution in [2.24, 2.45) is 0 Å². The molecule has 45 heavy (non-hydrogen) atoms. The van der Waals surface area contributed by atoms with Crippen molar-refractivity contribution in [3.05, 3.63) is 70.2 Å². The van der Waals surface area contributed by atoms with E-state index in [-0.39, 0.29) is 33.6 Å². The van der Waals surface area contributed by atoms with E-state index < -0.39 is 34.4 Å². The highest BCUT2D eigenvalue weighted by atomic mass is 35.5. The summed E-state index contributed by atoms with van der Waals surface area (Å²) in [5, 5.41) is 3.39. The van der Waals surface area contributed by atoms with E-state index in [1.807, 2.05) is 6.92 Å². The lowest BCUT2D eigenvalue weighted by molar-refractivity contribution is -0.139. The van der Waals surface area contributed by atoms with Gasteiger partial charge in [-0.25, -0.2) is 8.42 Å². The van der Waals surface area contributed by atoms with Gasteiger partial charge in [0.05, 0.1) is 49.1 Å². The van der Waals surface area contributed by atoms with Crippen LogP contribution < -0.4 is 28.6 Å². The molecule has 3 rings (SSSR count). The third-order valence-electron chi connectivity index (χ3n) is 6.93. The minimum Gasteiger partial charge on any atom is -0.497 e. The number of nitrogens with one attached hydrogen (secondary N) is 1. The van der Waals surface area contributed by atoms with Crippen LogP contribution in [-0.4, -0.2) is 72.7 Å². The molecule has 0 bridgehead atoms. The maximum Gasteiger partial charge on any atom is 0.265 e. The molecule has 0 aliphatic heterocycles. The molecular weight excluding hydrogens is 645 g/mol. The van der Waals surface area contributed by atoms with Gasteiger partial charge in [0.25, 0.3) is 10.0 Å². The Kier molecular flexibility index (Phi) is 12.6. The second-order valence-electron chi connectivity index (χ2n) is 9.80. The smallest absolute Gasteiger partial charge is 0.265 e. The SMILES string of the molecule is CCCNC(=O)C(C)N(Cc1ccc(Cl)c(Cl)c1)C(=O)CN(c1cc(OC)ccc1OC)S(=O)(=O)c1ccc(OC)c(OC)c1. The number of carbonyl (C=O) groups excluding carboxylic acids is 2. The number of ether oxygens (including phenoxy) is 4. The average molecular weight is 683 g/mol. The summed E-state index contributed by atoms with van der Waals surface area (Å²) in [7, 11) is 1.15. The van der Waals surface area contributed by atoms with Crippen LogP contribution in [0.5, 0.6) is 23.0 Å². The van der Waals surface area contributed by atoms with Gasteiger partial charge in [-0.3, -0.25) is 13.9 Å². The molecule has 0 aromatic heterocycles. The summed E-state index contributed by atoms with van der Waals surface area (Å²) in [6.45, 7) is 3.11. The van der Waals surface area contributed by atoms with Gasteiger partial charge in [0.2, 0.25) is 11.8 Å². The molecule has 1 unspecified atom stereocenters. The van der Waals surface area contributed by atoms with Crippen LogP contribution in [0.25, 0.3) is 0 Å². The minimum absolute atomic E-state index is 0.0394. The van der Waals surface area contributed by atoms with E-state index in [4.69, 9.17) is 42.1 Å². The number of benzene rings is 3. The van der Waals surface area contributed by atoms with Gasteiger partial charge in [-0.2, -0.15) is 0 Å². The minimum atomic E-state index is -4.47. The lowest BCUT2D eigenvalue weighted by atomic mass is 10.1. The van der Waals surface area contributed by atoms with E-state index in [1.54, 1.807) is 31.2 Å². The van der Waals surface area contributed by atoms with Crippen molar-refractivity contribution in [3.63, 3.8) is 0 Å². The Labute approximate surface area is 274 Å². The number of hydrogen-bond donors (Lipinski definition) is 1. The number of amides is 2. The largest absolute Gasteiger partial charge is 0.497 e. The summed E-state index contributed by atoms with van der Waals surface area (Å²) >= 11 is 12.3. The number of sulfonamides is 1. The predicted molar refractivity (Wildman–Crippen MR) is 173 cm³/mol. The third kappa shape index (κ3) is 8.44. The first kappa shape index (κ1) is 35.6. The van der Waals surface area contributed by atoms with Crippen LogP contribution in [0.1, 0.15) is 25.8 Å². The van der Waals surface area contributed by atoms with Crippen molar-refractivity contribution in [3.8, 4) is 23.0 Å². The standard InChI is InChI=1S/C31H37Cl2N3O8S/c1-7-14-34-31(38)20(2)35(18-21-8-11-24(32)25(33)15-21)30(37)19-36(26-16-22(41-3)9-12-27(26)42-4)45(39,40)23-10-13-28(43-5)29(17-23)44-6/h8-13,15-17,20H,7,14,18-19H2,1-6H3,(H,34,38). The zero-order valence-corrected chi connectivity index (χ0v) is 28.3. The fourth-order valence-electron chi connectivity index (χ4n) is 4.42. The van der Waals surface area contributed by atoms with Gasteiger partial charge >= 0.3 is 0 Å². The number of hydrogen-bond acceptors (Lipinski definition) is 8. The zero-order valence-electron chi connectivity index (χ0n) is 25.9. The van der Waals surface area contributed by atoms with Gasteiger partial charge < -0.3 is 29.2 Å². The Morgan fingerprint density at radius 1 is 0.844 bits per heavy atom. The second kappa shape index (κ2) is 15.9. The Bertz CT molecular complexity index is 1620. The molecule has 0 saturated heterocycles. The molecule has 0 radical (unpaired) electrons. The van der Waals surface area contributed by atoms with Crippen LogP contribution in [0.4, 0.5) is 5.69 Å². The molecule has 1 N–H and O–H groups in total. The number of methoxy groups -OCH3 is 4. The highest BCUT2D eigenvalue weighted by Gasteiger charge is 2.34. The number of nitrogens with zero attached hydrogens (tertiary/aromatic N) is 2. The van der Waals surface area contributed by atoms with Crippen LogP contribution in [0.3, 0.4) is 0 Å². The molecule has 3 aromatic carbocycles. The van der Waals surface area contributed by atoms with Crippen LogP contribution in [0.15, 0.2) is 59.5 Å². The molecule has 0 heterocycles. The average Bonchev–Trinajstić information content (AvgIpc) is 3.05. The van der Waals surface area contributed by atoms with Crippen LogP contribution in [-0.2, 0) is 26.2 Å². The van der Waals surface area contributed by atoms with E-state index in [0.29, 0.717) is 35.1 Å². The van der Waals surface area contributed by atoms with Crippen LogP contribution in [0.2, 0.25) is 10.0 Å². The number of rotatable bonds is 15. The highest BCUT2D eigenvalue weighted by Crippen LogP contribution is 2.38. The van der Waals surface area contributed by atoms with Crippen molar-refractivity contribution in [1.82, 2.24) is 10.2 Å². The van der Waals surface area contributed by atoms with E-state index in [0.717, 1.165) is 4.31 Å². The molecule has 2 amide bonds. The lowest BCUT2D eigenvalue weighted by Gasteiger charge is -2.32. The first-order chi connectivity index (χ1) is 21.4. The molecule has 0 saturated carbocycles. The topological polar surface area (TPSA) is 124 Å². The van der Waals surface area contributed by atoms with Gasteiger partial charge in [0.15, 0.2) is 11.5 Å². The summed E-state index contributed by atoms with van der Waals surface area (Å²) in [6, 6.07) is 12.5.